The number of amides is 1. The monoisotopic (exact) mass is 1140 g/mol. The van der Waals surface area contributed by atoms with Gasteiger partial charge in [0.15, 0.2) is 6.29 Å². The lowest BCUT2D eigenvalue weighted by molar-refractivity contribution is -0.302. The first-order valence-electron chi connectivity index (χ1n) is 35.4. The van der Waals surface area contributed by atoms with Gasteiger partial charge in [0.2, 0.25) is 5.91 Å². The number of aliphatic hydroxyl groups is 5. The first-order chi connectivity index (χ1) is 39.8. The molecule has 0 saturated carbocycles. The van der Waals surface area contributed by atoms with Crippen LogP contribution in [0.25, 0.3) is 0 Å². The molecule has 7 unspecified atom stereocenters. The summed E-state index contributed by atoms with van der Waals surface area (Å²) in [6, 6.07) is -0.824. The third-order valence-electron chi connectivity index (χ3n) is 16.9. The van der Waals surface area contributed by atoms with Crippen LogP contribution in [-0.4, -0.2) is 87.5 Å². The van der Waals surface area contributed by atoms with Crippen molar-refractivity contribution in [2.45, 2.75) is 391 Å². The van der Waals surface area contributed by atoms with Crippen molar-refractivity contribution in [1.82, 2.24) is 5.32 Å². The maximum Gasteiger partial charge on any atom is 0.220 e. The highest BCUT2D eigenvalue weighted by Crippen LogP contribution is 2.23. The molecule has 9 nitrogen and oxygen atoms in total. The van der Waals surface area contributed by atoms with Gasteiger partial charge in [-0.1, -0.05) is 326 Å². The van der Waals surface area contributed by atoms with Crippen molar-refractivity contribution in [3.63, 3.8) is 0 Å². The summed E-state index contributed by atoms with van der Waals surface area (Å²) in [5.74, 6) is -0.182. The molecule has 476 valence electrons. The molecule has 7 atom stereocenters. The lowest BCUT2D eigenvalue weighted by atomic mass is 9.99. The van der Waals surface area contributed by atoms with E-state index in [4.69, 9.17) is 9.47 Å². The second kappa shape index (κ2) is 61.2. The largest absolute Gasteiger partial charge is 0.394 e. The van der Waals surface area contributed by atoms with E-state index in [-0.39, 0.29) is 12.5 Å². The fraction of sp³-hybridized carbons (Fsp3) is 0.875. The van der Waals surface area contributed by atoms with E-state index in [2.05, 4.69) is 55.6 Å². The Morgan fingerprint density at radius 3 is 1.11 bits per heavy atom. The van der Waals surface area contributed by atoms with E-state index < -0.39 is 49.5 Å². The molecule has 6 N–H and O–H groups in total. The Balaban J connectivity index is 2.15. The average molecular weight is 1140 g/mol. The van der Waals surface area contributed by atoms with Gasteiger partial charge in [-0.05, 0) is 64.2 Å². The van der Waals surface area contributed by atoms with Crippen molar-refractivity contribution < 1.29 is 39.8 Å². The molecule has 1 aliphatic rings. The topological polar surface area (TPSA) is 149 Å². The number of hydrogen-bond donors (Lipinski definition) is 6. The highest BCUT2D eigenvalue weighted by atomic mass is 16.7. The number of aliphatic hydroxyl groups excluding tert-OH is 5. The van der Waals surface area contributed by atoms with Crippen LogP contribution in [0.15, 0.2) is 48.6 Å². The van der Waals surface area contributed by atoms with Crippen molar-refractivity contribution in [3.05, 3.63) is 48.6 Å². The highest BCUT2D eigenvalue weighted by molar-refractivity contribution is 5.76. The van der Waals surface area contributed by atoms with E-state index in [0.29, 0.717) is 6.42 Å². The lowest BCUT2D eigenvalue weighted by Gasteiger charge is -2.40. The molecule has 1 amide bonds. The molecule has 0 spiro atoms. The lowest BCUT2D eigenvalue weighted by Crippen LogP contribution is -2.60. The van der Waals surface area contributed by atoms with E-state index in [1.54, 1.807) is 6.08 Å². The van der Waals surface area contributed by atoms with E-state index in [9.17, 15) is 30.3 Å². The van der Waals surface area contributed by atoms with Crippen LogP contribution in [0, 0.1) is 0 Å². The Morgan fingerprint density at radius 2 is 0.741 bits per heavy atom. The number of nitrogens with one attached hydrogen (secondary N) is 1. The first kappa shape index (κ1) is 77.2. The Morgan fingerprint density at radius 1 is 0.420 bits per heavy atom. The SMILES string of the molecule is CCCCCCC/C=C\C/C=C\CCCCCCCCCCCCCCCCCC(=O)NC(COC1OC(CO)C(O)C(O)C1O)C(O)/C=C/CC/C=C/CCCCCCCCCCCCCCCCCCCCCCCCCCC. The van der Waals surface area contributed by atoms with Gasteiger partial charge in [-0.3, -0.25) is 4.79 Å². The van der Waals surface area contributed by atoms with Gasteiger partial charge in [0, 0.05) is 6.42 Å². The highest BCUT2D eigenvalue weighted by Gasteiger charge is 2.44. The van der Waals surface area contributed by atoms with Crippen molar-refractivity contribution >= 4 is 5.91 Å². The molecule has 81 heavy (non-hydrogen) atoms. The van der Waals surface area contributed by atoms with Crippen molar-refractivity contribution in [3.8, 4) is 0 Å². The standard InChI is InChI=1S/C72H135NO8/c1-3-5-7-9-11-13-15-17-19-21-23-25-27-29-31-32-33-34-36-37-39-41-43-45-47-49-51-53-55-57-59-61-66(75)65(64-80-72-71(79)70(78)69(77)67(63-74)81-72)73-68(76)62-60-58-56-54-52-50-48-46-44-42-40-38-35-30-28-26-24-22-20-18-16-14-12-10-8-6-4-2/h16,18,22,24,51,53,59,61,65-67,69-72,74-75,77-79H,3-15,17,19-21,23,25-50,52,54-58,60,62-64H2,1-2H3,(H,73,76)/b18-16-,24-22-,53-51+,61-59+. The second-order valence-corrected chi connectivity index (χ2v) is 24.7. The Hall–Kier alpha value is -1.85. The molecule has 1 rings (SSSR count). The van der Waals surface area contributed by atoms with Gasteiger partial charge in [-0.2, -0.15) is 0 Å². The van der Waals surface area contributed by atoms with E-state index in [1.165, 1.54) is 283 Å². The molecule has 0 radical (unpaired) electrons. The molecule has 0 aromatic heterocycles. The van der Waals surface area contributed by atoms with Gasteiger partial charge in [0.1, 0.15) is 24.4 Å². The Bertz CT molecular complexity index is 1420. The van der Waals surface area contributed by atoms with Crippen LogP contribution in [0.2, 0.25) is 0 Å². The maximum absolute atomic E-state index is 13.1. The van der Waals surface area contributed by atoms with Crippen LogP contribution in [-0.2, 0) is 14.3 Å². The number of carbonyl (C=O) groups excluding carboxylic acids is 1. The first-order valence-corrected chi connectivity index (χ1v) is 35.4. The van der Waals surface area contributed by atoms with E-state index in [1.807, 2.05) is 6.08 Å². The van der Waals surface area contributed by atoms with Crippen molar-refractivity contribution in [2.24, 2.45) is 0 Å². The summed E-state index contributed by atoms with van der Waals surface area (Å²) in [6.07, 6.45) is 76.5. The molecular formula is C72H135NO8. The Kier molecular flexibility index (Phi) is 58.3. The van der Waals surface area contributed by atoms with Gasteiger partial charge in [0.25, 0.3) is 0 Å². The third-order valence-corrected chi connectivity index (χ3v) is 16.9. The zero-order valence-corrected chi connectivity index (χ0v) is 53.3. The summed E-state index contributed by atoms with van der Waals surface area (Å²) in [7, 11) is 0. The molecule has 1 aliphatic heterocycles. The van der Waals surface area contributed by atoms with E-state index in [0.717, 1.165) is 44.9 Å². The quantitative estimate of drug-likeness (QED) is 0.0261. The van der Waals surface area contributed by atoms with Gasteiger partial charge < -0.3 is 40.3 Å². The third kappa shape index (κ3) is 50.1. The molecule has 0 aromatic rings. The fourth-order valence-corrected chi connectivity index (χ4v) is 11.3. The van der Waals surface area contributed by atoms with Crippen LogP contribution in [0.4, 0.5) is 0 Å². The normalized spacial score (nSPS) is 18.6. The smallest absolute Gasteiger partial charge is 0.220 e. The van der Waals surface area contributed by atoms with Crippen molar-refractivity contribution in [1.29, 1.82) is 0 Å². The number of rotatable bonds is 62. The van der Waals surface area contributed by atoms with Crippen molar-refractivity contribution in [2.75, 3.05) is 13.2 Å². The number of hydrogen-bond acceptors (Lipinski definition) is 8. The van der Waals surface area contributed by atoms with Crippen LogP contribution < -0.4 is 5.32 Å². The number of allylic oxidation sites excluding steroid dienone is 7. The summed E-state index contributed by atoms with van der Waals surface area (Å²) in [5.41, 5.74) is 0. The summed E-state index contributed by atoms with van der Waals surface area (Å²) >= 11 is 0. The summed E-state index contributed by atoms with van der Waals surface area (Å²) in [4.78, 5) is 13.1. The molecule has 1 heterocycles. The van der Waals surface area contributed by atoms with Gasteiger partial charge in [-0.25, -0.2) is 0 Å². The molecule has 9 heteroatoms. The predicted molar refractivity (Wildman–Crippen MR) is 346 cm³/mol. The van der Waals surface area contributed by atoms with Gasteiger partial charge >= 0.3 is 0 Å². The number of ether oxygens (including phenoxy) is 2. The van der Waals surface area contributed by atoms with E-state index >= 15 is 0 Å². The van der Waals surface area contributed by atoms with Gasteiger partial charge in [-0.15, -0.1) is 0 Å². The van der Waals surface area contributed by atoms with Crippen LogP contribution in [0.1, 0.15) is 348 Å². The second-order valence-electron chi connectivity index (χ2n) is 24.7. The Labute approximate surface area is 501 Å². The molecule has 0 bridgehead atoms. The average Bonchev–Trinajstić information content (AvgIpc) is 3.48. The zero-order chi connectivity index (χ0) is 58.6. The minimum atomic E-state index is -1.57. The minimum absolute atomic E-state index is 0.182. The maximum atomic E-state index is 13.1. The molecule has 1 saturated heterocycles. The zero-order valence-electron chi connectivity index (χ0n) is 53.3. The molecular weight excluding hydrogens is 1010 g/mol. The molecule has 1 fully saturated rings. The van der Waals surface area contributed by atoms with Gasteiger partial charge in [0.05, 0.1) is 25.4 Å². The number of carbonyl (C=O) groups is 1. The summed E-state index contributed by atoms with van der Waals surface area (Å²) < 4.78 is 11.3. The molecule has 0 aromatic carbocycles. The fourth-order valence-electron chi connectivity index (χ4n) is 11.3. The van der Waals surface area contributed by atoms with Crippen LogP contribution in [0.5, 0.6) is 0 Å². The number of unbranched alkanes of at least 4 members (excludes halogenated alkanes) is 46. The summed E-state index contributed by atoms with van der Waals surface area (Å²) in [5, 5.41) is 54.7. The predicted octanol–water partition coefficient (Wildman–Crippen LogP) is 19.2. The minimum Gasteiger partial charge on any atom is -0.394 e. The van der Waals surface area contributed by atoms with Crippen LogP contribution >= 0.6 is 0 Å². The summed E-state index contributed by atoms with van der Waals surface area (Å²) in [6.45, 7) is 3.80. The van der Waals surface area contributed by atoms with Crippen LogP contribution in [0.3, 0.4) is 0 Å². The molecule has 0 aliphatic carbocycles.